The average molecular weight is 275 g/mol. The van der Waals surface area contributed by atoms with Gasteiger partial charge in [0, 0.05) is 0 Å². The SMILES string of the molecule is O=Cc1cnn(-c2ccc(C(F)(F)F)cc2)c1Cl. The maximum Gasteiger partial charge on any atom is 0.416 e. The number of carbonyl (C=O) groups is 1. The highest BCUT2D eigenvalue weighted by atomic mass is 35.5. The molecule has 0 spiro atoms. The van der Waals surface area contributed by atoms with Crippen molar-refractivity contribution in [2.75, 3.05) is 0 Å². The Kier molecular flexibility index (Phi) is 3.13. The van der Waals surface area contributed by atoms with Gasteiger partial charge in [0.15, 0.2) is 6.29 Å². The minimum atomic E-state index is -4.39. The van der Waals surface area contributed by atoms with Crippen molar-refractivity contribution in [1.29, 1.82) is 0 Å². The summed E-state index contributed by atoms with van der Waals surface area (Å²) >= 11 is 5.84. The zero-order valence-electron chi connectivity index (χ0n) is 8.78. The van der Waals surface area contributed by atoms with Gasteiger partial charge >= 0.3 is 6.18 Å². The van der Waals surface area contributed by atoms with Gasteiger partial charge in [0.05, 0.1) is 23.0 Å². The quantitative estimate of drug-likeness (QED) is 0.787. The first kappa shape index (κ1) is 12.6. The first-order valence-electron chi connectivity index (χ1n) is 4.80. The average Bonchev–Trinajstić information content (AvgIpc) is 2.69. The van der Waals surface area contributed by atoms with E-state index in [1.165, 1.54) is 23.0 Å². The summed E-state index contributed by atoms with van der Waals surface area (Å²) in [7, 11) is 0. The number of hydrogen-bond acceptors (Lipinski definition) is 2. The number of nitrogens with zero attached hydrogens (tertiary/aromatic N) is 2. The molecule has 0 aliphatic heterocycles. The molecular formula is C11H6ClF3N2O. The Bertz CT molecular complexity index is 575. The van der Waals surface area contributed by atoms with E-state index in [0.29, 0.717) is 12.0 Å². The molecule has 0 N–H and O–H groups in total. The van der Waals surface area contributed by atoms with Gasteiger partial charge in [0.1, 0.15) is 5.15 Å². The predicted octanol–water partition coefficient (Wildman–Crippen LogP) is 3.36. The Morgan fingerprint density at radius 2 is 1.83 bits per heavy atom. The number of halogens is 4. The smallest absolute Gasteiger partial charge is 0.298 e. The molecule has 0 saturated heterocycles. The number of rotatable bonds is 2. The van der Waals surface area contributed by atoms with Gasteiger partial charge in [-0.25, -0.2) is 4.68 Å². The monoisotopic (exact) mass is 274 g/mol. The van der Waals surface area contributed by atoms with Crippen LogP contribution in [0.25, 0.3) is 5.69 Å². The normalized spacial score (nSPS) is 11.6. The van der Waals surface area contributed by atoms with Crippen LogP contribution in [0.1, 0.15) is 15.9 Å². The van der Waals surface area contributed by atoms with Crippen molar-refractivity contribution in [3.63, 3.8) is 0 Å². The van der Waals surface area contributed by atoms with E-state index in [4.69, 9.17) is 11.6 Å². The van der Waals surface area contributed by atoms with Crippen molar-refractivity contribution in [3.8, 4) is 5.69 Å². The van der Waals surface area contributed by atoms with Crippen LogP contribution in [0.5, 0.6) is 0 Å². The summed E-state index contributed by atoms with van der Waals surface area (Å²) in [6.45, 7) is 0. The molecule has 2 aromatic rings. The zero-order valence-corrected chi connectivity index (χ0v) is 9.53. The van der Waals surface area contributed by atoms with E-state index in [2.05, 4.69) is 5.10 Å². The molecule has 0 amide bonds. The Morgan fingerprint density at radius 3 is 2.28 bits per heavy atom. The van der Waals surface area contributed by atoms with E-state index in [0.717, 1.165) is 12.1 Å². The summed E-state index contributed by atoms with van der Waals surface area (Å²) in [4.78, 5) is 10.6. The molecule has 0 fully saturated rings. The summed E-state index contributed by atoms with van der Waals surface area (Å²) in [6.07, 6.45) is -2.62. The van der Waals surface area contributed by atoms with Gasteiger partial charge in [-0.2, -0.15) is 18.3 Å². The Morgan fingerprint density at radius 1 is 1.22 bits per heavy atom. The van der Waals surface area contributed by atoms with Crippen molar-refractivity contribution < 1.29 is 18.0 Å². The lowest BCUT2D eigenvalue weighted by molar-refractivity contribution is -0.137. The van der Waals surface area contributed by atoms with Gasteiger partial charge < -0.3 is 0 Å². The van der Waals surface area contributed by atoms with Crippen LogP contribution >= 0.6 is 11.6 Å². The van der Waals surface area contributed by atoms with Gasteiger partial charge in [-0.3, -0.25) is 4.79 Å². The highest BCUT2D eigenvalue weighted by Crippen LogP contribution is 2.30. The molecule has 0 bridgehead atoms. The summed E-state index contributed by atoms with van der Waals surface area (Å²) < 4.78 is 38.3. The van der Waals surface area contributed by atoms with Crippen LogP contribution in [0, 0.1) is 0 Å². The van der Waals surface area contributed by atoms with E-state index >= 15 is 0 Å². The molecule has 0 unspecified atom stereocenters. The first-order valence-corrected chi connectivity index (χ1v) is 5.17. The third-order valence-electron chi connectivity index (χ3n) is 2.30. The van der Waals surface area contributed by atoms with Gasteiger partial charge in [-0.15, -0.1) is 0 Å². The molecule has 0 aliphatic rings. The predicted molar refractivity (Wildman–Crippen MR) is 59.0 cm³/mol. The standard InChI is InChI=1S/C11H6ClF3N2O/c12-10-7(6-18)5-16-17(10)9-3-1-8(2-4-9)11(13,14)15/h1-6H. The fraction of sp³-hybridized carbons (Fsp3) is 0.0909. The molecule has 3 nitrogen and oxygen atoms in total. The molecule has 2 rings (SSSR count). The highest BCUT2D eigenvalue weighted by Gasteiger charge is 2.30. The van der Waals surface area contributed by atoms with Gasteiger partial charge in [0.2, 0.25) is 0 Å². The summed E-state index contributed by atoms with van der Waals surface area (Å²) in [5.41, 5.74) is -0.234. The Labute approximate surface area is 105 Å². The number of hydrogen-bond donors (Lipinski definition) is 0. The van der Waals surface area contributed by atoms with Crippen molar-refractivity contribution in [2.45, 2.75) is 6.18 Å². The lowest BCUT2D eigenvalue weighted by Gasteiger charge is -2.08. The van der Waals surface area contributed by atoms with Gasteiger partial charge in [-0.1, -0.05) is 11.6 Å². The number of aldehydes is 1. The van der Waals surface area contributed by atoms with Crippen LogP contribution in [-0.2, 0) is 6.18 Å². The molecule has 0 radical (unpaired) electrons. The molecule has 94 valence electrons. The molecule has 7 heteroatoms. The Balaban J connectivity index is 2.40. The van der Waals surface area contributed by atoms with Crippen LogP contribution in [-0.4, -0.2) is 16.1 Å². The van der Waals surface area contributed by atoms with E-state index < -0.39 is 11.7 Å². The molecule has 1 aromatic carbocycles. The van der Waals surface area contributed by atoms with E-state index in [1.54, 1.807) is 0 Å². The molecule has 0 saturated carbocycles. The van der Waals surface area contributed by atoms with Crippen LogP contribution < -0.4 is 0 Å². The number of carbonyl (C=O) groups excluding carboxylic acids is 1. The maximum atomic E-state index is 12.4. The largest absolute Gasteiger partial charge is 0.416 e. The summed E-state index contributed by atoms with van der Waals surface area (Å²) in [6, 6.07) is 4.31. The lowest BCUT2D eigenvalue weighted by atomic mass is 10.2. The second-order valence-electron chi connectivity index (χ2n) is 3.47. The maximum absolute atomic E-state index is 12.4. The Hall–Kier alpha value is -1.82. The van der Waals surface area contributed by atoms with Gasteiger partial charge in [0.25, 0.3) is 0 Å². The second-order valence-corrected chi connectivity index (χ2v) is 3.82. The van der Waals surface area contributed by atoms with E-state index in [1.807, 2.05) is 0 Å². The second kappa shape index (κ2) is 4.45. The van der Waals surface area contributed by atoms with Gasteiger partial charge in [-0.05, 0) is 24.3 Å². The highest BCUT2D eigenvalue weighted by molar-refractivity contribution is 6.32. The zero-order chi connectivity index (χ0) is 13.3. The molecule has 0 aliphatic carbocycles. The van der Waals surface area contributed by atoms with Crippen molar-refractivity contribution in [3.05, 3.63) is 46.7 Å². The minimum Gasteiger partial charge on any atom is -0.298 e. The fourth-order valence-electron chi connectivity index (χ4n) is 1.40. The fourth-order valence-corrected chi connectivity index (χ4v) is 1.63. The van der Waals surface area contributed by atoms with E-state index in [-0.39, 0.29) is 10.7 Å². The first-order chi connectivity index (χ1) is 8.43. The van der Waals surface area contributed by atoms with Crippen molar-refractivity contribution in [1.82, 2.24) is 9.78 Å². The minimum absolute atomic E-state index is 0.0600. The van der Waals surface area contributed by atoms with Crippen molar-refractivity contribution >= 4 is 17.9 Å². The lowest BCUT2D eigenvalue weighted by Crippen LogP contribution is -2.05. The number of aromatic nitrogens is 2. The molecule has 1 aromatic heterocycles. The molecular weight excluding hydrogens is 269 g/mol. The van der Waals surface area contributed by atoms with E-state index in [9.17, 15) is 18.0 Å². The third kappa shape index (κ3) is 2.24. The van der Waals surface area contributed by atoms with Crippen LogP contribution in [0.15, 0.2) is 30.5 Å². The summed E-state index contributed by atoms with van der Waals surface area (Å²) in [5, 5.41) is 3.88. The van der Waals surface area contributed by atoms with Crippen LogP contribution in [0.4, 0.5) is 13.2 Å². The van der Waals surface area contributed by atoms with Crippen LogP contribution in [0.2, 0.25) is 5.15 Å². The molecule has 1 heterocycles. The topological polar surface area (TPSA) is 34.9 Å². The molecule has 18 heavy (non-hydrogen) atoms. The number of benzene rings is 1. The summed E-state index contributed by atoms with van der Waals surface area (Å²) in [5.74, 6) is 0. The number of alkyl halides is 3. The van der Waals surface area contributed by atoms with Crippen LogP contribution in [0.3, 0.4) is 0 Å². The third-order valence-corrected chi connectivity index (χ3v) is 2.68. The molecule has 0 atom stereocenters. The van der Waals surface area contributed by atoms with Crippen molar-refractivity contribution in [2.24, 2.45) is 0 Å².